The first-order chi connectivity index (χ1) is 14.9. The van der Waals surface area contributed by atoms with Gasteiger partial charge in [-0.3, -0.25) is 15.0 Å². The summed E-state index contributed by atoms with van der Waals surface area (Å²) < 4.78 is 15.2. The quantitative estimate of drug-likeness (QED) is 0.381. The van der Waals surface area contributed by atoms with E-state index in [1.165, 1.54) is 20.3 Å². The highest BCUT2D eigenvalue weighted by Gasteiger charge is 2.52. The number of esters is 1. The zero-order valence-electron chi connectivity index (χ0n) is 17.4. The first kappa shape index (κ1) is 22.1. The van der Waals surface area contributed by atoms with Crippen LogP contribution < -0.4 is 20.2 Å². The van der Waals surface area contributed by atoms with Gasteiger partial charge in [0.2, 0.25) is 0 Å². The molecule has 1 aliphatic carbocycles. The van der Waals surface area contributed by atoms with E-state index in [0.29, 0.717) is 34.9 Å². The molecule has 166 valence electrons. The van der Waals surface area contributed by atoms with Crippen molar-refractivity contribution in [3.05, 3.63) is 29.8 Å². The first-order valence-electron chi connectivity index (χ1n) is 9.91. The van der Waals surface area contributed by atoms with Crippen molar-refractivity contribution in [2.75, 3.05) is 20.8 Å². The molecular weight excluding hydrogens is 406 g/mol. The van der Waals surface area contributed by atoms with E-state index in [1.807, 2.05) is 0 Å². The van der Waals surface area contributed by atoms with Crippen LogP contribution in [0.1, 0.15) is 37.7 Å². The van der Waals surface area contributed by atoms with E-state index in [0.717, 1.165) is 25.3 Å². The maximum absolute atomic E-state index is 12.6. The number of benzene rings is 1. The Hall–Kier alpha value is -3.56. The van der Waals surface area contributed by atoms with Crippen molar-refractivity contribution in [1.82, 2.24) is 15.8 Å². The van der Waals surface area contributed by atoms with E-state index < -0.39 is 36.0 Å². The van der Waals surface area contributed by atoms with Gasteiger partial charge in [-0.05, 0) is 36.6 Å². The molecule has 1 aromatic rings. The third-order valence-corrected chi connectivity index (χ3v) is 5.24. The van der Waals surface area contributed by atoms with Crippen molar-refractivity contribution < 1.29 is 33.4 Å². The zero-order chi connectivity index (χ0) is 22.4. The summed E-state index contributed by atoms with van der Waals surface area (Å²) in [5.74, 6) is -0.935. The summed E-state index contributed by atoms with van der Waals surface area (Å²) >= 11 is 0. The van der Waals surface area contributed by atoms with Crippen LogP contribution in [0.25, 0.3) is 6.08 Å². The molecule has 1 aromatic carbocycles. The summed E-state index contributed by atoms with van der Waals surface area (Å²) in [4.78, 5) is 48.8. The van der Waals surface area contributed by atoms with Crippen LogP contribution in [0, 0.1) is 0 Å². The zero-order valence-corrected chi connectivity index (χ0v) is 17.4. The molecule has 0 bridgehead atoms. The molecule has 2 N–H and O–H groups in total. The second kappa shape index (κ2) is 9.50. The molecular formula is C21H25N3O7. The molecule has 0 radical (unpaired) electrons. The van der Waals surface area contributed by atoms with Crippen LogP contribution in [0.15, 0.2) is 24.3 Å². The largest absolute Gasteiger partial charge is 0.497 e. The van der Waals surface area contributed by atoms with Crippen molar-refractivity contribution in [3.63, 3.8) is 0 Å². The molecule has 4 amide bonds. The molecule has 0 atom stereocenters. The number of carbonyl (C=O) groups excluding carboxylic acids is 4. The molecule has 1 aliphatic heterocycles. The van der Waals surface area contributed by atoms with E-state index >= 15 is 0 Å². The van der Waals surface area contributed by atoms with Gasteiger partial charge in [-0.2, -0.15) is 5.01 Å². The van der Waals surface area contributed by atoms with Crippen LogP contribution in [0.5, 0.6) is 11.5 Å². The van der Waals surface area contributed by atoms with E-state index in [2.05, 4.69) is 10.7 Å². The third-order valence-electron chi connectivity index (χ3n) is 5.24. The van der Waals surface area contributed by atoms with Gasteiger partial charge in [0.25, 0.3) is 11.8 Å². The average Bonchev–Trinajstić information content (AvgIpc) is 3.00. The van der Waals surface area contributed by atoms with Gasteiger partial charge in [-0.15, -0.1) is 0 Å². The molecule has 2 fully saturated rings. The van der Waals surface area contributed by atoms with Crippen molar-refractivity contribution in [2.45, 2.75) is 37.6 Å². The second-order valence-corrected chi connectivity index (χ2v) is 7.34. The second-order valence-electron chi connectivity index (χ2n) is 7.34. The molecule has 1 spiro atoms. The lowest BCUT2D eigenvalue weighted by Crippen LogP contribution is -2.51. The van der Waals surface area contributed by atoms with Gasteiger partial charge in [-0.25, -0.2) is 9.59 Å². The highest BCUT2D eigenvalue weighted by atomic mass is 16.5. The fraction of sp³-hybridized carbons (Fsp3) is 0.429. The minimum absolute atomic E-state index is 0.483. The molecule has 10 heteroatoms. The summed E-state index contributed by atoms with van der Waals surface area (Å²) in [5, 5.41) is 3.35. The van der Waals surface area contributed by atoms with Gasteiger partial charge in [0.15, 0.2) is 6.61 Å². The molecule has 3 rings (SSSR count). The molecule has 0 aromatic heterocycles. The van der Waals surface area contributed by atoms with Crippen LogP contribution in [0.4, 0.5) is 4.79 Å². The first-order valence-corrected chi connectivity index (χ1v) is 9.91. The number of hydrogen-bond donors (Lipinski definition) is 2. The maximum Gasteiger partial charge on any atom is 0.344 e. The number of ether oxygens (including phenoxy) is 3. The molecule has 0 unspecified atom stereocenters. The normalized spacial score (nSPS) is 17.5. The molecule has 31 heavy (non-hydrogen) atoms. The number of hydrazine groups is 1. The SMILES string of the molecule is COc1cc(/C=C\C(=O)OCC(=O)NN2C(=O)NC3(CCCCC3)C2=O)cc(OC)c1. The van der Waals surface area contributed by atoms with Crippen LogP contribution in [-0.4, -0.2) is 55.2 Å². The summed E-state index contributed by atoms with van der Waals surface area (Å²) in [6, 6.07) is 4.39. The predicted octanol–water partition coefficient (Wildman–Crippen LogP) is 1.55. The van der Waals surface area contributed by atoms with Crippen LogP contribution in [-0.2, 0) is 19.1 Å². The Bertz CT molecular complexity index is 884. The number of imide groups is 1. The predicted molar refractivity (Wildman–Crippen MR) is 109 cm³/mol. The van der Waals surface area contributed by atoms with Crippen LogP contribution in [0.3, 0.4) is 0 Å². The summed E-state index contributed by atoms with van der Waals surface area (Å²) in [6.07, 6.45) is 6.37. The standard InChI is InChI=1S/C21H25N3O7/c1-29-15-10-14(11-16(12-15)30-2)6-7-18(26)31-13-17(25)23-24-19(27)21(22-20(24)28)8-4-3-5-9-21/h6-7,10-12H,3-5,8-9,13H2,1-2H3,(H,22,28)(H,23,25)/b7-6-. The van der Waals surface area contributed by atoms with Crippen LogP contribution in [0.2, 0.25) is 0 Å². The Balaban J connectivity index is 1.51. The number of methoxy groups -OCH3 is 2. The number of rotatable bonds is 7. The molecule has 1 saturated heterocycles. The van der Waals surface area contributed by atoms with E-state index in [-0.39, 0.29) is 0 Å². The molecule has 10 nitrogen and oxygen atoms in total. The van der Waals surface area contributed by atoms with Crippen molar-refractivity contribution in [2.24, 2.45) is 0 Å². The Morgan fingerprint density at radius 2 is 1.74 bits per heavy atom. The Labute approximate surface area is 179 Å². The average molecular weight is 431 g/mol. The van der Waals surface area contributed by atoms with Gasteiger partial charge in [0.1, 0.15) is 17.0 Å². The fourth-order valence-corrected chi connectivity index (χ4v) is 3.65. The Morgan fingerprint density at radius 3 is 2.35 bits per heavy atom. The fourth-order valence-electron chi connectivity index (χ4n) is 3.65. The lowest BCUT2D eigenvalue weighted by molar-refractivity contribution is -0.147. The minimum atomic E-state index is -0.945. The Kier molecular flexibility index (Phi) is 6.78. The van der Waals surface area contributed by atoms with Gasteiger partial charge in [-0.1, -0.05) is 19.3 Å². The van der Waals surface area contributed by atoms with Gasteiger partial charge in [0.05, 0.1) is 14.2 Å². The van der Waals surface area contributed by atoms with Gasteiger partial charge >= 0.3 is 12.0 Å². The molecule has 2 aliphatic rings. The van der Waals surface area contributed by atoms with Crippen molar-refractivity contribution >= 4 is 29.9 Å². The number of hydrogen-bond acceptors (Lipinski definition) is 7. The third kappa shape index (κ3) is 5.14. The lowest BCUT2D eigenvalue weighted by atomic mass is 9.82. The minimum Gasteiger partial charge on any atom is -0.497 e. The molecule has 1 heterocycles. The van der Waals surface area contributed by atoms with Crippen molar-refractivity contribution in [1.29, 1.82) is 0 Å². The summed E-state index contributed by atoms with van der Waals surface area (Å²) in [5.41, 5.74) is 1.90. The smallest absolute Gasteiger partial charge is 0.344 e. The van der Waals surface area contributed by atoms with E-state index in [4.69, 9.17) is 14.2 Å². The number of nitrogens with zero attached hydrogens (tertiary/aromatic N) is 1. The van der Waals surface area contributed by atoms with Crippen molar-refractivity contribution in [3.8, 4) is 11.5 Å². The highest BCUT2D eigenvalue weighted by Crippen LogP contribution is 2.33. The molecule has 1 saturated carbocycles. The Morgan fingerprint density at radius 1 is 1.10 bits per heavy atom. The monoisotopic (exact) mass is 431 g/mol. The summed E-state index contributed by atoms with van der Waals surface area (Å²) in [6.45, 7) is -0.644. The van der Waals surface area contributed by atoms with Crippen LogP contribution >= 0.6 is 0 Å². The van der Waals surface area contributed by atoms with Gasteiger partial charge in [0, 0.05) is 12.1 Å². The van der Waals surface area contributed by atoms with Gasteiger partial charge < -0.3 is 19.5 Å². The van der Waals surface area contributed by atoms with E-state index in [1.54, 1.807) is 18.2 Å². The number of urea groups is 1. The number of carbonyl (C=O) groups is 4. The highest BCUT2D eigenvalue weighted by molar-refractivity contribution is 6.08. The van der Waals surface area contributed by atoms with E-state index in [9.17, 15) is 19.2 Å². The topological polar surface area (TPSA) is 123 Å². The maximum atomic E-state index is 12.6. The summed E-state index contributed by atoms with van der Waals surface area (Å²) in [7, 11) is 3.02. The number of nitrogens with one attached hydrogen (secondary N) is 2. The lowest BCUT2D eigenvalue weighted by Gasteiger charge is -2.30. The number of amides is 4.